The van der Waals surface area contributed by atoms with Crippen LogP contribution in [-0.2, 0) is 11.2 Å². The van der Waals surface area contributed by atoms with Gasteiger partial charge in [0.2, 0.25) is 0 Å². The topological polar surface area (TPSA) is 30.5 Å². The van der Waals surface area contributed by atoms with Crippen LogP contribution < -0.4 is 10.1 Å². The van der Waals surface area contributed by atoms with Crippen LogP contribution in [0.15, 0.2) is 18.2 Å². The summed E-state index contributed by atoms with van der Waals surface area (Å²) < 4.78 is 25.1. The van der Waals surface area contributed by atoms with Crippen molar-refractivity contribution in [2.24, 2.45) is 0 Å². The van der Waals surface area contributed by atoms with Crippen LogP contribution in [0, 0.1) is 5.82 Å². The van der Waals surface area contributed by atoms with E-state index in [1.165, 1.54) is 7.11 Å². The quantitative estimate of drug-likeness (QED) is 0.795. The predicted molar refractivity (Wildman–Crippen MR) is 79.8 cm³/mol. The van der Waals surface area contributed by atoms with Crippen LogP contribution in [0.4, 0.5) is 4.39 Å². The SMILES string of the molecule is CCC(CC)(OC)C(Cc1cccc(OC)c1F)NC. The van der Waals surface area contributed by atoms with Gasteiger partial charge in [0, 0.05) is 13.2 Å². The number of hydrogen-bond acceptors (Lipinski definition) is 3. The van der Waals surface area contributed by atoms with Gasteiger partial charge in [-0.05, 0) is 37.9 Å². The largest absolute Gasteiger partial charge is 0.494 e. The standard InChI is InChI=1S/C16H26FNO2/c1-6-16(7-2,20-5)14(18-3)11-12-9-8-10-13(19-4)15(12)17/h8-10,14,18H,6-7,11H2,1-5H3. The van der Waals surface area contributed by atoms with Crippen LogP contribution >= 0.6 is 0 Å². The minimum atomic E-state index is -0.287. The molecule has 0 aromatic heterocycles. The molecule has 0 spiro atoms. The van der Waals surface area contributed by atoms with Crippen molar-refractivity contribution in [3.05, 3.63) is 29.6 Å². The molecule has 20 heavy (non-hydrogen) atoms. The molecule has 0 aliphatic rings. The number of rotatable bonds is 8. The van der Waals surface area contributed by atoms with Crippen molar-refractivity contribution < 1.29 is 13.9 Å². The Bertz CT molecular complexity index is 411. The van der Waals surface area contributed by atoms with E-state index < -0.39 is 0 Å². The van der Waals surface area contributed by atoms with Crippen LogP contribution in [0.5, 0.6) is 5.75 Å². The molecule has 1 rings (SSSR count). The summed E-state index contributed by atoms with van der Waals surface area (Å²) in [6.45, 7) is 4.19. The number of methoxy groups -OCH3 is 2. The smallest absolute Gasteiger partial charge is 0.168 e. The van der Waals surface area contributed by atoms with Gasteiger partial charge in [-0.3, -0.25) is 0 Å². The zero-order chi connectivity index (χ0) is 15.2. The number of benzene rings is 1. The third kappa shape index (κ3) is 3.30. The lowest BCUT2D eigenvalue weighted by Crippen LogP contribution is -2.51. The van der Waals surface area contributed by atoms with Crippen molar-refractivity contribution in [2.45, 2.75) is 44.8 Å². The first-order valence-corrected chi connectivity index (χ1v) is 7.12. The van der Waals surface area contributed by atoms with E-state index in [1.807, 2.05) is 13.1 Å². The van der Waals surface area contributed by atoms with E-state index in [1.54, 1.807) is 19.2 Å². The zero-order valence-corrected chi connectivity index (χ0v) is 13.1. The van der Waals surface area contributed by atoms with Gasteiger partial charge in [-0.2, -0.15) is 0 Å². The number of hydrogen-bond donors (Lipinski definition) is 1. The minimum Gasteiger partial charge on any atom is -0.494 e. The molecule has 114 valence electrons. The molecule has 1 aromatic carbocycles. The molecule has 0 saturated carbocycles. The summed E-state index contributed by atoms with van der Waals surface area (Å²) >= 11 is 0. The second kappa shape index (κ2) is 7.60. The molecule has 0 saturated heterocycles. The van der Waals surface area contributed by atoms with Crippen molar-refractivity contribution in [1.29, 1.82) is 0 Å². The molecule has 1 unspecified atom stereocenters. The Labute approximate surface area is 121 Å². The molecule has 0 aliphatic carbocycles. The van der Waals surface area contributed by atoms with Crippen LogP contribution in [0.1, 0.15) is 32.3 Å². The maximum absolute atomic E-state index is 14.3. The molecule has 0 bridgehead atoms. The van der Waals surface area contributed by atoms with Gasteiger partial charge in [0.15, 0.2) is 11.6 Å². The van der Waals surface area contributed by atoms with Crippen molar-refractivity contribution >= 4 is 0 Å². The van der Waals surface area contributed by atoms with Crippen LogP contribution in [-0.4, -0.2) is 32.9 Å². The third-order valence-corrected chi connectivity index (χ3v) is 4.27. The number of ether oxygens (including phenoxy) is 2. The van der Waals surface area contributed by atoms with E-state index in [-0.39, 0.29) is 23.2 Å². The Hall–Kier alpha value is -1.13. The van der Waals surface area contributed by atoms with E-state index in [2.05, 4.69) is 19.2 Å². The van der Waals surface area contributed by atoms with Gasteiger partial charge in [-0.15, -0.1) is 0 Å². The lowest BCUT2D eigenvalue weighted by atomic mass is 9.84. The summed E-state index contributed by atoms with van der Waals surface area (Å²) in [4.78, 5) is 0. The Morgan fingerprint density at radius 1 is 1.25 bits per heavy atom. The van der Waals surface area contributed by atoms with E-state index in [9.17, 15) is 4.39 Å². The van der Waals surface area contributed by atoms with Crippen molar-refractivity contribution in [2.75, 3.05) is 21.3 Å². The van der Waals surface area contributed by atoms with Crippen molar-refractivity contribution in [3.8, 4) is 5.75 Å². The molecule has 1 aromatic rings. The van der Waals surface area contributed by atoms with Crippen LogP contribution in [0.3, 0.4) is 0 Å². The minimum absolute atomic E-state index is 0.0455. The molecule has 0 heterocycles. The highest BCUT2D eigenvalue weighted by atomic mass is 19.1. The Morgan fingerprint density at radius 2 is 1.90 bits per heavy atom. The average molecular weight is 283 g/mol. The highest BCUT2D eigenvalue weighted by molar-refractivity contribution is 5.32. The number of nitrogens with one attached hydrogen (secondary N) is 1. The molecule has 4 heteroatoms. The molecule has 0 fully saturated rings. The highest BCUT2D eigenvalue weighted by Gasteiger charge is 2.35. The van der Waals surface area contributed by atoms with Gasteiger partial charge in [0.05, 0.1) is 12.7 Å². The fraction of sp³-hybridized carbons (Fsp3) is 0.625. The van der Waals surface area contributed by atoms with E-state index in [0.717, 1.165) is 12.8 Å². The fourth-order valence-electron chi connectivity index (χ4n) is 2.82. The van der Waals surface area contributed by atoms with Gasteiger partial charge in [-0.25, -0.2) is 4.39 Å². The van der Waals surface area contributed by atoms with Gasteiger partial charge in [0.1, 0.15) is 0 Å². The van der Waals surface area contributed by atoms with Crippen LogP contribution in [0.2, 0.25) is 0 Å². The summed E-state index contributed by atoms with van der Waals surface area (Å²) in [6.07, 6.45) is 2.31. The zero-order valence-electron chi connectivity index (χ0n) is 13.1. The van der Waals surface area contributed by atoms with Gasteiger partial charge in [0.25, 0.3) is 0 Å². The fourth-order valence-corrected chi connectivity index (χ4v) is 2.82. The first-order valence-electron chi connectivity index (χ1n) is 7.12. The Balaban J connectivity index is 3.05. The lowest BCUT2D eigenvalue weighted by Gasteiger charge is -2.38. The maximum atomic E-state index is 14.3. The first kappa shape index (κ1) is 16.9. The van der Waals surface area contributed by atoms with E-state index >= 15 is 0 Å². The maximum Gasteiger partial charge on any atom is 0.168 e. The van der Waals surface area contributed by atoms with E-state index in [0.29, 0.717) is 12.0 Å². The molecular formula is C16H26FNO2. The summed E-state index contributed by atoms with van der Waals surface area (Å²) in [5.41, 5.74) is 0.358. The Morgan fingerprint density at radius 3 is 2.35 bits per heavy atom. The Kier molecular flexibility index (Phi) is 6.43. The monoisotopic (exact) mass is 283 g/mol. The van der Waals surface area contributed by atoms with Crippen LogP contribution in [0.25, 0.3) is 0 Å². The number of halogens is 1. The first-order chi connectivity index (χ1) is 9.58. The summed E-state index contributed by atoms with van der Waals surface area (Å²) in [5, 5.41) is 3.28. The predicted octanol–water partition coefficient (Wildman–Crippen LogP) is 3.17. The van der Waals surface area contributed by atoms with Gasteiger partial charge >= 0.3 is 0 Å². The second-order valence-corrected chi connectivity index (χ2v) is 4.95. The average Bonchev–Trinajstić information content (AvgIpc) is 2.49. The molecule has 3 nitrogen and oxygen atoms in total. The summed E-state index contributed by atoms with van der Waals surface area (Å²) in [7, 11) is 5.09. The normalized spacial score (nSPS) is 13.3. The number of likely N-dealkylation sites (N-methyl/N-ethyl adjacent to an activating group) is 1. The molecule has 1 N–H and O–H groups in total. The molecule has 0 aliphatic heterocycles. The van der Waals surface area contributed by atoms with Crippen molar-refractivity contribution in [3.63, 3.8) is 0 Å². The van der Waals surface area contributed by atoms with E-state index in [4.69, 9.17) is 9.47 Å². The van der Waals surface area contributed by atoms with Gasteiger partial charge < -0.3 is 14.8 Å². The second-order valence-electron chi connectivity index (χ2n) is 4.95. The summed E-state index contributed by atoms with van der Waals surface area (Å²) in [6, 6.07) is 5.30. The van der Waals surface area contributed by atoms with Crippen molar-refractivity contribution in [1.82, 2.24) is 5.32 Å². The molecule has 0 amide bonds. The summed E-state index contributed by atoms with van der Waals surface area (Å²) in [5.74, 6) is 0.000765. The van der Waals surface area contributed by atoms with Gasteiger partial charge in [-0.1, -0.05) is 26.0 Å². The lowest BCUT2D eigenvalue weighted by molar-refractivity contribution is -0.0456. The molecule has 0 radical (unpaired) electrons. The highest BCUT2D eigenvalue weighted by Crippen LogP contribution is 2.28. The molecular weight excluding hydrogens is 257 g/mol. The third-order valence-electron chi connectivity index (χ3n) is 4.27. The molecule has 1 atom stereocenters.